The molecule has 0 saturated heterocycles. The Morgan fingerprint density at radius 1 is 0.857 bits per heavy atom. The lowest BCUT2D eigenvalue weighted by Gasteiger charge is -2.09. The molecule has 0 aliphatic carbocycles. The molecule has 0 atom stereocenters. The zero-order valence-electron chi connectivity index (χ0n) is 13.0. The summed E-state index contributed by atoms with van der Waals surface area (Å²) < 4.78 is 0. The minimum Gasteiger partial charge on any atom is -0.340 e. The summed E-state index contributed by atoms with van der Waals surface area (Å²) in [7, 11) is 0. The highest BCUT2D eigenvalue weighted by Crippen LogP contribution is 2.25. The number of benzene rings is 2. The molecule has 21 heavy (non-hydrogen) atoms. The first-order chi connectivity index (χ1) is 10.2. The van der Waals surface area contributed by atoms with E-state index >= 15 is 0 Å². The van der Waals surface area contributed by atoms with E-state index in [0.717, 1.165) is 22.4 Å². The summed E-state index contributed by atoms with van der Waals surface area (Å²) in [5.74, 6) is 0.847. The second kappa shape index (κ2) is 6.84. The summed E-state index contributed by atoms with van der Waals surface area (Å²) in [4.78, 5) is 8.69. The standard InChI is InChI=1S/C16H15N3.C2H6/c1-11-8-14-15(9-12(11)2)17-10-18-16(14)19-13-6-4-3-5-7-13;1-2/h3-10H,1-2H3,(H,17,18,19);1-2H3. The van der Waals surface area contributed by atoms with Gasteiger partial charge in [0.25, 0.3) is 0 Å². The number of fused-ring (bicyclic) bond motifs is 1. The van der Waals surface area contributed by atoms with Crippen molar-refractivity contribution in [2.75, 3.05) is 5.32 Å². The van der Waals surface area contributed by atoms with E-state index < -0.39 is 0 Å². The number of hydrogen-bond donors (Lipinski definition) is 1. The predicted molar refractivity (Wildman–Crippen MR) is 90.1 cm³/mol. The highest BCUT2D eigenvalue weighted by molar-refractivity contribution is 5.91. The van der Waals surface area contributed by atoms with Crippen molar-refractivity contribution in [3.63, 3.8) is 0 Å². The smallest absolute Gasteiger partial charge is 0.141 e. The van der Waals surface area contributed by atoms with Crippen LogP contribution in [0.2, 0.25) is 0 Å². The molecule has 0 fully saturated rings. The van der Waals surface area contributed by atoms with Crippen LogP contribution in [0, 0.1) is 13.8 Å². The average molecular weight is 279 g/mol. The first-order valence-electron chi connectivity index (χ1n) is 7.28. The van der Waals surface area contributed by atoms with E-state index in [4.69, 9.17) is 0 Å². The van der Waals surface area contributed by atoms with Crippen molar-refractivity contribution in [3.8, 4) is 0 Å². The molecule has 0 aliphatic heterocycles. The van der Waals surface area contributed by atoms with Gasteiger partial charge in [0.1, 0.15) is 12.1 Å². The van der Waals surface area contributed by atoms with Gasteiger partial charge in [-0.2, -0.15) is 0 Å². The summed E-state index contributed by atoms with van der Waals surface area (Å²) in [6, 6.07) is 14.3. The molecular formula is C18H21N3. The van der Waals surface area contributed by atoms with Gasteiger partial charge in [0, 0.05) is 11.1 Å². The summed E-state index contributed by atoms with van der Waals surface area (Å²) in [6.07, 6.45) is 1.60. The molecule has 0 radical (unpaired) electrons. The van der Waals surface area contributed by atoms with Gasteiger partial charge in [-0.1, -0.05) is 32.0 Å². The van der Waals surface area contributed by atoms with Crippen molar-refractivity contribution in [1.29, 1.82) is 0 Å². The van der Waals surface area contributed by atoms with E-state index in [1.807, 2.05) is 44.2 Å². The van der Waals surface area contributed by atoms with E-state index in [-0.39, 0.29) is 0 Å². The van der Waals surface area contributed by atoms with Gasteiger partial charge in [-0.3, -0.25) is 0 Å². The van der Waals surface area contributed by atoms with Crippen LogP contribution in [0.25, 0.3) is 10.9 Å². The highest BCUT2D eigenvalue weighted by Gasteiger charge is 2.05. The molecule has 0 amide bonds. The number of aryl methyl sites for hydroxylation is 2. The molecule has 3 rings (SSSR count). The van der Waals surface area contributed by atoms with Crippen LogP contribution in [0.15, 0.2) is 48.8 Å². The molecule has 2 aromatic carbocycles. The van der Waals surface area contributed by atoms with Crippen LogP contribution in [0.1, 0.15) is 25.0 Å². The van der Waals surface area contributed by atoms with Gasteiger partial charge in [-0.05, 0) is 49.2 Å². The molecule has 0 bridgehead atoms. The third kappa shape index (κ3) is 3.37. The maximum atomic E-state index is 4.35. The predicted octanol–water partition coefficient (Wildman–Crippen LogP) is 5.02. The van der Waals surface area contributed by atoms with Gasteiger partial charge in [-0.15, -0.1) is 0 Å². The number of para-hydroxylation sites is 1. The van der Waals surface area contributed by atoms with E-state index in [1.165, 1.54) is 11.1 Å². The Bertz CT molecular complexity index is 721. The molecule has 3 heteroatoms. The van der Waals surface area contributed by atoms with E-state index in [1.54, 1.807) is 6.33 Å². The maximum absolute atomic E-state index is 4.35. The van der Waals surface area contributed by atoms with Gasteiger partial charge in [0.05, 0.1) is 5.52 Å². The van der Waals surface area contributed by atoms with Crippen molar-refractivity contribution in [2.24, 2.45) is 0 Å². The molecule has 1 heterocycles. The molecule has 0 spiro atoms. The molecule has 3 nitrogen and oxygen atoms in total. The van der Waals surface area contributed by atoms with Gasteiger partial charge in [-0.25, -0.2) is 9.97 Å². The second-order valence-electron chi connectivity index (χ2n) is 4.67. The molecule has 0 unspecified atom stereocenters. The molecule has 0 saturated carbocycles. The lowest BCUT2D eigenvalue weighted by atomic mass is 10.1. The van der Waals surface area contributed by atoms with Crippen LogP contribution in [-0.2, 0) is 0 Å². The SMILES string of the molecule is CC.Cc1cc2ncnc(Nc3ccccc3)c2cc1C. The summed E-state index contributed by atoms with van der Waals surface area (Å²) in [5, 5.41) is 4.39. The van der Waals surface area contributed by atoms with E-state index in [2.05, 4.69) is 41.3 Å². The number of hydrogen-bond acceptors (Lipinski definition) is 3. The van der Waals surface area contributed by atoms with Crippen LogP contribution >= 0.6 is 0 Å². The van der Waals surface area contributed by atoms with Gasteiger partial charge in [0.15, 0.2) is 0 Å². The monoisotopic (exact) mass is 279 g/mol. The zero-order valence-corrected chi connectivity index (χ0v) is 13.0. The van der Waals surface area contributed by atoms with Crippen LogP contribution < -0.4 is 5.32 Å². The van der Waals surface area contributed by atoms with Gasteiger partial charge < -0.3 is 5.32 Å². The summed E-state index contributed by atoms with van der Waals surface area (Å²) in [5.41, 5.74) is 4.49. The number of nitrogens with zero attached hydrogens (tertiary/aromatic N) is 2. The summed E-state index contributed by atoms with van der Waals surface area (Å²) >= 11 is 0. The quantitative estimate of drug-likeness (QED) is 0.716. The topological polar surface area (TPSA) is 37.8 Å². The van der Waals surface area contributed by atoms with Crippen molar-refractivity contribution in [1.82, 2.24) is 9.97 Å². The molecule has 1 N–H and O–H groups in total. The lowest BCUT2D eigenvalue weighted by molar-refractivity contribution is 1.21. The van der Waals surface area contributed by atoms with Crippen molar-refractivity contribution < 1.29 is 0 Å². The normalized spacial score (nSPS) is 9.90. The summed E-state index contributed by atoms with van der Waals surface area (Å²) in [6.45, 7) is 8.20. The Morgan fingerprint density at radius 2 is 1.52 bits per heavy atom. The van der Waals surface area contributed by atoms with Crippen LogP contribution in [-0.4, -0.2) is 9.97 Å². The molecule has 1 aromatic heterocycles. The third-order valence-corrected chi connectivity index (χ3v) is 3.29. The minimum absolute atomic E-state index is 0.847. The van der Waals surface area contributed by atoms with Gasteiger partial charge >= 0.3 is 0 Å². The molecular weight excluding hydrogens is 258 g/mol. The number of nitrogens with one attached hydrogen (secondary N) is 1. The molecule has 108 valence electrons. The highest BCUT2D eigenvalue weighted by atomic mass is 15.0. The molecule has 3 aromatic rings. The van der Waals surface area contributed by atoms with Crippen molar-refractivity contribution >= 4 is 22.4 Å². The Balaban J connectivity index is 0.000000774. The van der Waals surface area contributed by atoms with Gasteiger partial charge in [0.2, 0.25) is 0 Å². The Hall–Kier alpha value is -2.42. The molecule has 0 aliphatic rings. The van der Waals surface area contributed by atoms with E-state index in [0.29, 0.717) is 0 Å². The fourth-order valence-corrected chi connectivity index (χ4v) is 2.07. The number of aromatic nitrogens is 2. The number of anilines is 2. The Labute approximate surface area is 126 Å². The largest absolute Gasteiger partial charge is 0.340 e. The zero-order chi connectivity index (χ0) is 15.2. The fourth-order valence-electron chi connectivity index (χ4n) is 2.07. The first-order valence-corrected chi connectivity index (χ1v) is 7.28. The lowest BCUT2D eigenvalue weighted by Crippen LogP contribution is -1.96. The average Bonchev–Trinajstić information content (AvgIpc) is 2.52. The second-order valence-corrected chi connectivity index (χ2v) is 4.67. The minimum atomic E-state index is 0.847. The Morgan fingerprint density at radius 3 is 2.24 bits per heavy atom. The van der Waals surface area contributed by atoms with Crippen LogP contribution in [0.4, 0.5) is 11.5 Å². The Kier molecular flexibility index (Phi) is 4.88. The van der Waals surface area contributed by atoms with Crippen molar-refractivity contribution in [2.45, 2.75) is 27.7 Å². The van der Waals surface area contributed by atoms with Crippen LogP contribution in [0.3, 0.4) is 0 Å². The van der Waals surface area contributed by atoms with Crippen LogP contribution in [0.5, 0.6) is 0 Å². The maximum Gasteiger partial charge on any atom is 0.141 e. The first kappa shape index (κ1) is 15.0. The van der Waals surface area contributed by atoms with Crippen molar-refractivity contribution in [3.05, 3.63) is 59.9 Å². The number of rotatable bonds is 2. The van der Waals surface area contributed by atoms with E-state index in [9.17, 15) is 0 Å². The fraction of sp³-hybridized carbons (Fsp3) is 0.222. The third-order valence-electron chi connectivity index (χ3n) is 3.29.